The number of aromatic nitrogens is 1. The number of ketones is 1. The Morgan fingerprint density at radius 3 is 2.43 bits per heavy atom. The molecule has 0 aliphatic heterocycles. The number of nitrogens with zero attached hydrogens (tertiary/aromatic N) is 1. The maximum absolute atomic E-state index is 12.3. The van der Waals surface area contributed by atoms with Crippen molar-refractivity contribution >= 4 is 23.1 Å². The number of aliphatic hydroxyl groups excluding tert-OH is 1. The number of benzene rings is 1. The Hall–Kier alpha value is -3.10. The van der Waals surface area contributed by atoms with Crippen LogP contribution in [0.2, 0.25) is 0 Å². The third kappa shape index (κ3) is 7.19. The zero-order valence-electron chi connectivity index (χ0n) is 20.4. The summed E-state index contributed by atoms with van der Waals surface area (Å²) in [5.41, 5.74) is 3.36. The molecule has 0 saturated carbocycles. The Bertz CT molecular complexity index is 1100. The molecule has 3 rings (SSSR count). The van der Waals surface area contributed by atoms with Gasteiger partial charge in [0.25, 0.3) is 0 Å². The molecule has 188 valence electrons. The van der Waals surface area contributed by atoms with Crippen molar-refractivity contribution in [2.45, 2.75) is 51.7 Å². The predicted octanol–water partition coefficient (Wildman–Crippen LogP) is 5.30. The summed E-state index contributed by atoms with van der Waals surface area (Å²) < 4.78 is 12.9. The first-order valence-corrected chi connectivity index (χ1v) is 12.6. The zero-order chi connectivity index (χ0) is 25.4. The lowest BCUT2D eigenvalue weighted by Crippen LogP contribution is -2.19. The Kier molecular flexibility index (Phi) is 9.51. The molecule has 2 atom stereocenters. The van der Waals surface area contributed by atoms with Gasteiger partial charge in [0.05, 0.1) is 26.7 Å². The average molecular weight is 500 g/mol. The number of thiophene rings is 1. The molecule has 1 aromatic carbocycles. The number of carbonyl (C=O) groups excluding carboxylic acids is 1. The summed E-state index contributed by atoms with van der Waals surface area (Å²) in [5, 5.41) is 24.5. The largest absolute Gasteiger partial charge is 0.496 e. The van der Waals surface area contributed by atoms with Gasteiger partial charge >= 0.3 is 5.97 Å². The van der Waals surface area contributed by atoms with Gasteiger partial charge in [0.2, 0.25) is 0 Å². The fraction of sp³-hybridized carbons (Fsp3) is 0.407. The van der Waals surface area contributed by atoms with Crippen molar-refractivity contribution in [3.05, 3.63) is 69.7 Å². The topological polar surface area (TPSA) is 98.0 Å². The molecule has 0 aliphatic carbocycles. The SMILES string of the molecule is COc1cc([C@@H](O)[C@@H](CCCc2ccsc2)Cn2ccc(C(=O)CCC(=O)O)c2)cc(OC)c1C. The highest BCUT2D eigenvalue weighted by Crippen LogP contribution is 2.36. The fourth-order valence-electron chi connectivity index (χ4n) is 4.26. The molecule has 35 heavy (non-hydrogen) atoms. The summed E-state index contributed by atoms with van der Waals surface area (Å²) in [4.78, 5) is 23.1. The maximum atomic E-state index is 12.3. The van der Waals surface area contributed by atoms with Gasteiger partial charge in [-0.05, 0) is 72.3 Å². The van der Waals surface area contributed by atoms with Crippen molar-refractivity contribution in [2.75, 3.05) is 14.2 Å². The number of hydrogen-bond acceptors (Lipinski definition) is 6. The van der Waals surface area contributed by atoms with Gasteiger partial charge in [-0.25, -0.2) is 0 Å². The van der Waals surface area contributed by atoms with Crippen LogP contribution < -0.4 is 9.47 Å². The lowest BCUT2D eigenvalue weighted by Gasteiger charge is -2.25. The summed E-state index contributed by atoms with van der Waals surface area (Å²) >= 11 is 1.67. The average Bonchev–Trinajstić information content (AvgIpc) is 3.54. The second-order valence-corrected chi connectivity index (χ2v) is 9.47. The number of rotatable bonds is 14. The minimum atomic E-state index is -0.990. The summed E-state index contributed by atoms with van der Waals surface area (Å²) in [7, 11) is 3.19. The van der Waals surface area contributed by atoms with Crippen molar-refractivity contribution in [1.82, 2.24) is 4.57 Å². The molecule has 2 aromatic heterocycles. The number of carboxylic acid groups (broad SMARTS) is 1. The molecule has 0 bridgehead atoms. The van der Waals surface area contributed by atoms with Crippen LogP contribution in [0.25, 0.3) is 0 Å². The molecular formula is C27H33NO6S. The van der Waals surface area contributed by atoms with E-state index < -0.39 is 12.1 Å². The highest BCUT2D eigenvalue weighted by Gasteiger charge is 2.24. The minimum Gasteiger partial charge on any atom is -0.496 e. The molecule has 0 aliphatic rings. The van der Waals surface area contributed by atoms with Crippen LogP contribution in [-0.4, -0.2) is 40.8 Å². The first-order chi connectivity index (χ1) is 16.8. The smallest absolute Gasteiger partial charge is 0.303 e. The maximum Gasteiger partial charge on any atom is 0.303 e. The molecule has 0 radical (unpaired) electrons. The lowest BCUT2D eigenvalue weighted by atomic mass is 9.89. The van der Waals surface area contributed by atoms with E-state index in [0.29, 0.717) is 23.6 Å². The van der Waals surface area contributed by atoms with Gasteiger partial charge in [0.15, 0.2) is 5.78 Å². The van der Waals surface area contributed by atoms with E-state index in [9.17, 15) is 14.7 Å². The number of carbonyl (C=O) groups is 2. The van der Waals surface area contributed by atoms with Crippen LogP contribution in [-0.2, 0) is 17.8 Å². The van der Waals surface area contributed by atoms with Crippen LogP contribution in [0.1, 0.15) is 58.8 Å². The third-order valence-corrected chi connectivity index (χ3v) is 7.00. The van der Waals surface area contributed by atoms with Gasteiger partial charge in [-0.2, -0.15) is 11.3 Å². The number of methoxy groups -OCH3 is 2. The van der Waals surface area contributed by atoms with E-state index in [1.54, 1.807) is 37.8 Å². The Balaban J connectivity index is 1.80. The first kappa shape index (κ1) is 26.5. The second kappa shape index (κ2) is 12.6. The number of aliphatic carboxylic acids is 1. The van der Waals surface area contributed by atoms with Gasteiger partial charge < -0.3 is 24.3 Å². The summed E-state index contributed by atoms with van der Waals surface area (Å²) in [6.45, 7) is 2.42. The molecule has 3 aromatic rings. The monoisotopic (exact) mass is 499 g/mol. The second-order valence-electron chi connectivity index (χ2n) is 8.69. The summed E-state index contributed by atoms with van der Waals surface area (Å²) in [5.74, 6) is -0.00483. The van der Waals surface area contributed by atoms with E-state index in [0.717, 1.165) is 30.4 Å². The minimum absolute atomic E-state index is 0.0327. The number of ether oxygens (including phenoxy) is 2. The molecule has 0 fully saturated rings. The highest BCUT2D eigenvalue weighted by molar-refractivity contribution is 7.07. The van der Waals surface area contributed by atoms with E-state index in [1.165, 1.54) is 5.56 Å². The highest BCUT2D eigenvalue weighted by atomic mass is 32.1. The predicted molar refractivity (Wildman–Crippen MR) is 136 cm³/mol. The molecule has 8 heteroatoms. The molecule has 0 spiro atoms. The standard InChI is InChI=1S/C27H33NO6S/c1-18-24(33-2)13-22(14-25(18)34-3)27(32)21(6-4-5-19-10-12-35-17-19)16-28-11-9-20(15-28)23(29)7-8-26(30)31/h9-15,17,21,27,32H,4-8,16H2,1-3H3,(H,30,31)/t21-,27-/m0/s1. The lowest BCUT2D eigenvalue weighted by molar-refractivity contribution is -0.136. The number of hydrogen-bond donors (Lipinski definition) is 2. The molecular weight excluding hydrogens is 466 g/mol. The number of carboxylic acids is 1. The van der Waals surface area contributed by atoms with E-state index >= 15 is 0 Å². The zero-order valence-corrected chi connectivity index (χ0v) is 21.2. The van der Waals surface area contributed by atoms with Crippen LogP contribution >= 0.6 is 11.3 Å². The number of aryl methyl sites for hydroxylation is 1. The quantitative estimate of drug-likeness (QED) is 0.292. The molecule has 7 nitrogen and oxygen atoms in total. The van der Waals surface area contributed by atoms with Crippen molar-refractivity contribution < 1.29 is 29.3 Å². The van der Waals surface area contributed by atoms with Crippen LogP contribution in [0.15, 0.2) is 47.4 Å². The Morgan fingerprint density at radius 1 is 1.11 bits per heavy atom. The Morgan fingerprint density at radius 2 is 1.83 bits per heavy atom. The molecule has 0 amide bonds. The van der Waals surface area contributed by atoms with Crippen LogP contribution in [0.5, 0.6) is 11.5 Å². The van der Waals surface area contributed by atoms with Gasteiger partial charge in [0.1, 0.15) is 11.5 Å². The van der Waals surface area contributed by atoms with E-state index in [4.69, 9.17) is 14.6 Å². The van der Waals surface area contributed by atoms with E-state index in [1.807, 2.05) is 29.8 Å². The number of Topliss-reactive ketones (excluding diaryl/α,β-unsaturated/α-hetero) is 1. The summed E-state index contributed by atoms with van der Waals surface area (Å²) in [6, 6.07) is 7.53. The van der Waals surface area contributed by atoms with Crippen molar-refractivity contribution in [3.63, 3.8) is 0 Å². The number of aliphatic hydroxyl groups is 1. The van der Waals surface area contributed by atoms with Gasteiger partial charge in [-0.3, -0.25) is 9.59 Å². The molecule has 2 N–H and O–H groups in total. The van der Waals surface area contributed by atoms with Crippen LogP contribution in [0.3, 0.4) is 0 Å². The van der Waals surface area contributed by atoms with Crippen LogP contribution in [0, 0.1) is 12.8 Å². The van der Waals surface area contributed by atoms with E-state index in [-0.39, 0.29) is 24.5 Å². The van der Waals surface area contributed by atoms with Crippen molar-refractivity contribution in [2.24, 2.45) is 5.92 Å². The Labute approximate surface area is 209 Å². The summed E-state index contributed by atoms with van der Waals surface area (Å²) in [6.07, 6.45) is 5.16. The molecule has 0 unspecified atom stereocenters. The van der Waals surface area contributed by atoms with Crippen molar-refractivity contribution in [1.29, 1.82) is 0 Å². The molecule has 0 saturated heterocycles. The van der Waals surface area contributed by atoms with Crippen molar-refractivity contribution in [3.8, 4) is 11.5 Å². The van der Waals surface area contributed by atoms with E-state index in [2.05, 4.69) is 16.8 Å². The first-order valence-electron chi connectivity index (χ1n) is 11.6. The van der Waals surface area contributed by atoms with Gasteiger partial charge in [-0.1, -0.05) is 0 Å². The third-order valence-electron chi connectivity index (χ3n) is 6.27. The molecule has 2 heterocycles. The van der Waals surface area contributed by atoms with Gasteiger partial charge in [-0.15, -0.1) is 0 Å². The fourth-order valence-corrected chi connectivity index (χ4v) is 4.96. The normalized spacial score (nSPS) is 12.8. The van der Waals surface area contributed by atoms with Crippen LogP contribution in [0.4, 0.5) is 0 Å². The van der Waals surface area contributed by atoms with Gasteiger partial charge in [0, 0.05) is 42.4 Å².